The lowest BCUT2D eigenvalue weighted by molar-refractivity contribution is -0.347. The van der Waals surface area contributed by atoms with E-state index < -0.39 is 186 Å². The van der Waals surface area contributed by atoms with Crippen LogP contribution < -0.4 is 21.3 Å². The number of hydrogen-bond acceptors (Lipinski definition) is 20. The third-order valence-electron chi connectivity index (χ3n) is 16.9. The molecule has 4 amide bonds. The molecule has 27 nitrogen and oxygen atoms in total. The first-order chi connectivity index (χ1) is 41.3. The lowest BCUT2D eigenvalue weighted by atomic mass is 9.44. The van der Waals surface area contributed by atoms with Crippen molar-refractivity contribution in [2.75, 3.05) is 27.4 Å². The average Bonchev–Trinajstić information content (AvgIpc) is 0.680. The van der Waals surface area contributed by atoms with Gasteiger partial charge in [-0.2, -0.15) is 0 Å². The van der Waals surface area contributed by atoms with Crippen molar-refractivity contribution in [3.63, 3.8) is 0 Å². The molecule has 0 unspecified atom stereocenters. The van der Waals surface area contributed by atoms with Gasteiger partial charge in [0, 0.05) is 58.8 Å². The third-order valence-corrected chi connectivity index (χ3v) is 16.9. The number of carboxylic acid groups (broad SMARTS) is 3. The van der Waals surface area contributed by atoms with E-state index in [1.54, 1.807) is 84.9 Å². The molecule has 2 aromatic carbocycles. The number of unbranched alkanes of at least 4 members (excludes halogenated alkanes) is 1. The predicted molar refractivity (Wildman–Crippen MR) is 305 cm³/mol. The number of hydrogen-bond donors (Lipinski definition) is 8. The van der Waals surface area contributed by atoms with Crippen molar-refractivity contribution in [1.82, 2.24) is 21.3 Å². The molecule has 2 saturated carbocycles. The fourth-order valence-electron chi connectivity index (χ4n) is 12.5. The number of alkyl carbamates (subject to hydrolysis) is 1. The third kappa shape index (κ3) is 15.3. The predicted octanol–water partition coefficient (Wildman–Crippen LogP) is 4.26. The first kappa shape index (κ1) is 69.1. The molecule has 1 saturated heterocycles. The number of carboxylic acids is 3. The summed E-state index contributed by atoms with van der Waals surface area (Å²) in [7, 11) is 2.67. The summed E-state index contributed by atoms with van der Waals surface area (Å²) in [5.74, 6) is -11.2. The van der Waals surface area contributed by atoms with Crippen LogP contribution in [-0.2, 0) is 76.3 Å². The van der Waals surface area contributed by atoms with Crippen molar-refractivity contribution in [1.29, 1.82) is 0 Å². The zero-order valence-corrected chi connectivity index (χ0v) is 50.9. The van der Waals surface area contributed by atoms with Crippen LogP contribution in [0.5, 0.6) is 0 Å². The van der Waals surface area contributed by atoms with E-state index >= 15 is 9.59 Å². The molecule has 2 aromatic rings. The van der Waals surface area contributed by atoms with Gasteiger partial charge in [-0.15, -0.1) is 0 Å². The van der Waals surface area contributed by atoms with Gasteiger partial charge in [0.2, 0.25) is 12.0 Å². The summed E-state index contributed by atoms with van der Waals surface area (Å²) in [6.45, 7) is 12.0. The number of methoxy groups -OCH3 is 2. The number of aliphatic carboxylic acids is 3. The Morgan fingerprint density at radius 1 is 0.784 bits per heavy atom. The maximum absolute atomic E-state index is 15.9. The van der Waals surface area contributed by atoms with Gasteiger partial charge in [0.1, 0.15) is 53.7 Å². The number of urea groups is 1. The molecule has 27 heteroatoms. The van der Waals surface area contributed by atoms with Gasteiger partial charge in [-0.1, -0.05) is 62.4 Å². The standard InChI is InChI=1S/C61H80N4O23/c1-32-38(30-61(80)50(86-53(76)35-21-15-12-16-22-35)48-59(8,49(71)46(82-10)44(32)58(61,6)7)39(81-9)29-40-60(48,31-83-40)87-33(2)66)84-54(77)47(45(34-19-13-11-14-20-34)65-56(79)88-57(3,4)5)85-43(70)27-25-41(67)62-28-18-17-23-36(51(72)73)63-55(78)64-37(52(74)75)24-26-42(68)69/h11-16,19-22,36-40,45-48,50,80H,17-18,23-31H2,1-10H3,(H,62,67)(H,65,79)(H,68,69)(H,72,73)(H,74,75)(H2,63,64,78)/t36-,37-,38-,39-,40+,45-,46+,47+,48-,50-,59+,60-,61+/m0/s1. The van der Waals surface area contributed by atoms with Gasteiger partial charge in [-0.3, -0.25) is 24.0 Å². The highest BCUT2D eigenvalue weighted by atomic mass is 16.6. The van der Waals surface area contributed by atoms with E-state index in [2.05, 4.69) is 16.0 Å². The molecular weight excluding hydrogens is 1160 g/mol. The Balaban J connectivity index is 1.31. The average molecular weight is 1240 g/mol. The molecule has 13 atom stereocenters. The van der Waals surface area contributed by atoms with E-state index in [1.807, 2.05) is 5.32 Å². The number of fused-ring (bicyclic) bond motifs is 5. The summed E-state index contributed by atoms with van der Waals surface area (Å²) in [6, 6.07) is 9.86. The summed E-state index contributed by atoms with van der Waals surface area (Å²) >= 11 is 0. The number of rotatable bonds is 26. The zero-order chi connectivity index (χ0) is 65.3. The molecule has 0 aromatic heterocycles. The molecule has 1 aliphatic heterocycles. The van der Waals surface area contributed by atoms with E-state index in [0.717, 1.165) is 0 Å². The summed E-state index contributed by atoms with van der Waals surface area (Å²) in [5.41, 5.74) is -8.01. The van der Waals surface area contributed by atoms with Crippen LogP contribution >= 0.6 is 0 Å². The first-order valence-corrected chi connectivity index (χ1v) is 28.8. The smallest absolute Gasteiger partial charge is 0.408 e. The molecule has 1 heterocycles. The highest BCUT2D eigenvalue weighted by molar-refractivity contribution is 5.95. The Bertz CT molecular complexity index is 2980. The molecule has 8 N–H and O–H groups in total. The topological polar surface area (TPSA) is 391 Å². The molecule has 6 rings (SSSR count). The Hall–Kier alpha value is -8.01. The number of esters is 4. The minimum atomic E-state index is -2.40. The van der Waals surface area contributed by atoms with Gasteiger partial charge in [0.05, 0.1) is 36.0 Å². The summed E-state index contributed by atoms with van der Waals surface area (Å²) in [5, 5.41) is 51.4. The fourth-order valence-corrected chi connectivity index (χ4v) is 12.5. The largest absolute Gasteiger partial charge is 0.481 e. The highest BCUT2D eigenvalue weighted by Gasteiger charge is 2.78. The summed E-state index contributed by atoms with van der Waals surface area (Å²) in [4.78, 5) is 147. The van der Waals surface area contributed by atoms with Crippen LogP contribution in [-0.4, -0.2) is 179 Å². The van der Waals surface area contributed by atoms with Gasteiger partial charge < -0.3 is 79.6 Å². The van der Waals surface area contributed by atoms with E-state index in [0.29, 0.717) is 0 Å². The van der Waals surface area contributed by atoms with Crippen LogP contribution in [0.15, 0.2) is 71.8 Å². The molecule has 3 aliphatic carbocycles. The number of carbonyl (C=O) groups is 11. The molecule has 4 aliphatic rings. The van der Waals surface area contributed by atoms with Gasteiger partial charge in [-0.05, 0) is 89.1 Å². The van der Waals surface area contributed by atoms with Crippen LogP contribution in [0.4, 0.5) is 9.59 Å². The Kier molecular flexibility index (Phi) is 22.3. The number of nitrogens with one attached hydrogen (secondary N) is 4. The highest BCUT2D eigenvalue weighted by Crippen LogP contribution is 2.65. The summed E-state index contributed by atoms with van der Waals surface area (Å²) < 4.78 is 49.0. The fraction of sp³-hybridized carbons (Fsp3) is 0.590. The molecule has 482 valence electrons. The Morgan fingerprint density at radius 3 is 1.94 bits per heavy atom. The number of amides is 4. The monoisotopic (exact) mass is 1240 g/mol. The zero-order valence-electron chi connectivity index (χ0n) is 50.9. The van der Waals surface area contributed by atoms with Gasteiger partial charge in [0.25, 0.3) is 0 Å². The number of aliphatic hydroxyl groups is 1. The van der Waals surface area contributed by atoms with E-state index in [9.17, 15) is 58.5 Å². The van der Waals surface area contributed by atoms with Crippen LogP contribution in [0.3, 0.4) is 0 Å². The minimum absolute atomic E-state index is 0.0324. The van der Waals surface area contributed by atoms with Crippen molar-refractivity contribution in [3.8, 4) is 0 Å². The van der Waals surface area contributed by atoms with E-state index in [1.165, 1.54) is 45.4 Å². The second-order valence-electron chi connectivity index (χ2n) is 24.1. The molecule has 0 spiro atoms. The van der Waals surface area contributed by atoms with Gasteiger partial charge in [-0.25, -0.2) is 28.8 Å². The van der Waals surface area contributed by atoms with Crippen LogP contribution in [0, 0.1) is 16.7 Å². The Morgan fingerprint density at radius 2 is 1.40 bits per heavy atom. The molecule has 88 heavy (non-hydrogen) atoms. The lowest BCUT2D eigenvalue weighted by Gasteiger charge is -2.67. The molecule has 2 bridgehead atoms. The van der Waals surface area contributed by atoms with Crippen LogP contribution in [0.1, 0.15) is 135 Å². The van der Waals surface area contributed by atoms with Gasteiger partial charge >= 0.3 is 53.9 Å². The van der Waals surface area contributed by atoms with Crippen molar-refractivity contribution >= 4 is 65.6 Å². The lowest BCUT2D eigenvalue weighted by Crippen LogP contribution is -2.82. The van der Waals surface area contributed by atoms with Crippen LogP contribution in [0.25, 0.3) is 0 Å². The van der Waals surface area contributed by atoms with Crippen molar-refractivity contribution in [3.05, 3.63) is 82.9 Å². The molecule has 0 radical (unpaired) electrons. The normalized spacial score (nSPS) is 26.6. The molecular formula is C61H80N4O23. The minimum Gasteiger partial charge on any atom is -0.481 e. The van der Waals surface area contributed by atoms with Crippen molar-refractivity contribution in [2.24, 2.45) is 16.7 Å². The maximum atomic E-state index is 15.9. The van der Waals surface area contributed by atoms with E-state index in [4.69, 9.17) is 43.0 Å². The Labute approximate surface area is 508 Å². The first-order valence-electron chi connectivity index (χ1n) is 28.8. The maximum Gasteiger partial charge on any atom is 0.408 e. The quantitative estimate of drug-likeness (QED) is 0.0282. The number of Topliss-reactive ketones (excluding diaryl/α,β-unsaturated/α-hetero) is 1. The van der Waals surface area contributed by atoms with Crippen molar-refractivity contribution < 1.29 is 111 Å². The molecule has 3 fully saturated rings. The summed E-state index contributed by atoms with van der Waals surface area (Å²) in [6.07, 6.45) is -12.6. The second kappa shape index (κ2) is 28.4. The van der Waals surface area contributed by atoms with Gasteiger partial charge in [0.15, 0.2) is 11.4 Å². The second-order valence-corrected chi connectivity index (χ2v) is 24.1. The number of carbonyl (C=O) groups excluding carboxylic acids is 8. The number of ketones is 1. The SMILES string of the molecule is CO[C@H]1C(=O)[C@]2(C)[C@@H](OC)C[C@H]3OC[C@@]3(OC(C)=O)[C@H]2[C@H](OC(=O)c2ccccc2)[C@]2(O)C[C@H](OC(=O)[C@H](OC(=O)CCC(=O)NCCCC[C@H](NC(=O)N[C@@H](CCC(=O)O)C(=O)O)C(=O)O)[C@@H](NC(=O)OC(C)(C)C)c3ccccc3)C(C)=C1C2(C)C. The van der Waals surface area contributed by atoms with Crippen molar-refractivity contribution in [2.45, 2.75) is 185 Å². The number of benzene rings is 2. The van der Waals surface area contributed by atoms with Crippen LogP contribution in [0.2, 0.25) is 0 Å². The van der Waals surface area contributed by atoms with E-state index in [-0.39, 0.29) is 61.1 Å². The number of ether oxygens (including phenoxy) is 8.